The van der Waals surface area contributed by atoms with Gasteiger partial charge in [0, 0.05) is 0 Å². The normalized spacial score (nSPS) is 9.27. The van der Waals surface area contributed by atoms with Gasteiger partial charge >= 0.3 is 0 Å². The molecule has 0 radical (unpaired) electrons. The highest BCUT2D eigenvalue weighted by Crippen LogP contribution is 2.17. The van der Waals surface area contributed by atoms with Crippen LogP contribution < -0.4 is 4.74 Å². The number of hydrogen-bond acceptors (Lipinski definition) is 2. The van der Waals surface area contributed by atoms with Crippen molar-refractivity contribution >= 4 is 6.47 Å². The molecule has 1 aromatic carbocycles. The van der Waals surface area contributed by atoms with Crippen molar-refractivity contribution in [2.24, 2.45) is 0 Å². The summed E-state index contributed by atoms with van der Waals surface area (Å²) in [6.45, 7) is 1.99. The Labute approximate surface area is 63.6 Å². The van der Waals surface area contributed by atoms with Crippen molar-refractivity contribution in [2.45, 2.75) is 6.92 Å². The van der Waals surface area contributed by atoms with Crippen LogP contribution in [0.4, 0.5) is 4.39 Å². The van der Waals surface area contributed by atoms with E-state index in [0.717, 1.165) is 5.56 Å². The van der Waals surface area contributed by atoms with E-state index in [-0.39, 0.29) is 12.2 Å². The van der Waals surface area contributed by atoms with Crippen LogP contribution in [0.25, 0.3) is 0 Å². The summed E-state index contributed by atoms with van der Waals surface area (Å²) in [7, 11) is 0. The van der Waals surface area contributed by atoms with Crippen LogP contribution in [0, 0.1) is 12.7 Å². The molecule has 0 fully saturated rings. The van der Waals surface area contributed by atoms with E-state index in [1.54, 1.807) is 13.0 Å². The number of aryl methyl sites for hydroxylation is 1. The van der Waals surface area contributed by atoms with E-state index in [0.29, 0.717) is 0 Å². The summed E-state index contributed by atoms with van der Waals surface area (Å²) in [5, 5.41) is 0. The van der Waals surface area contributed by atoms with Crippen molar-refractivity contribution in [3.05, 3.63) is 29.6 Å². The maximum Gasteiger partial charge on any atom is 0.298 e. The minimum Gasteiger partial charge on any atom is -0.426 e. The second-order valence-corrected chi connectivity index (χ2v) is 2.15. The summed E-state index contributed by atoms with van der Waals surface area (Å²) in [4.78, 5) is 9.85. The second-order valence-electron chi connectivity index (χ2n) is 2.15. The number of rotatable bonds is 2. The third kappa shape index (κ3) is 1.77. The molecule has 3 heteroatoms. The van der Waals surface area contributed by atoms with Gasteiger partial charge in [-0.1, -0.05) is 6.07 Å². The van der Waals surface area contributed by atoms with Gasteiger partial charge in [-0.2, -0.15) is 0 Å². The topological polar surface area (TPSA) is 26.3 Å². The molecule has 2 nitrogen and oxygen atoms in total. The average Bonchev–Trinajstić information content (AvgIpc) is 1.98. The van der Waals surface area contributed by atoms with Gasteiger partial charge in [-0.3, -0.25) is 4.79 Å². The van der Waals surface area contributed by atoms with Gasteiger partial charge < -0.3 is 4.74 Å². The minimum atomic E-state index is -0.525. The number of hydrogen-bond donors (Lipinski definition) is 0. The van der Waals surface area contributed by atoms with E-state index in [4.69, 9.17) is 0 Å². The zero-order chi connectivity index (χ0) is 8.27. The van der Waals surface area contributed by atoms with Crippen molar-refractivity contribution in [1.82, 2.24) is 0 Å². The monoisotopic (exact) mass is 154 g/mol. The number of carbonyl (C=O) groups is 1. The molecule has 1 aromatic rings. The maximum atomic E-state index is 12.7. The number of carbonyl (C=O) groups excluding carboxylic acids is 1. The third-order valence-corrected chi connectivity index (χ3v) is 1.26. The Kier molecular flexibility index (Phi) is 2.21. The quantitative estimate of drug-likeness (QED) is 0.605. The lowest BCUT2D eigenvalue weighted by atomic mass is 10.2. The fourth-order valence-electron chi connectivity index (χ4n) is 0.753. The molecule has 0 amide bonds. The minimum absolute atomic E-state index is 0.0278. The summed E-state index contributed by atoms with van der Waals surface area (Å²) in [5.41, 5.74) is 0.850. The Morgan fingerprint density at radius 2 is 2.27 bits per heavy atom. The zero-order valence-corrected chi connectivity index (χ0v) is 6.00. The highest BCUT2D eigenvalue weighted by molar-refractivity contribution is 5.46. The van der Waals surface area contributed by atoms with Crippen LogP contribution >= 0.6 is 0 Å². The largest absolute Gasteiger partial charge is 0.426 e. The molecular formula is C8H7FO2. The molecule has 0 bridgehead atoms. The van der Waals surface area contributed by atoms with Gasteiger partial charge in [0.05, 0.1) is 0 Å². The van der Waals surface area contributed by atoms with Crippen LogP contribution in [-0.2, 0) is 4.79 Å². The van der Waals surface area contributed by atoms with Crippen LogP contribution in [0.3, 0.4) is 0 Å². The zero-order valence-electron chi connectivity index (χ0n) is 6.00. The van der Waals surface area contributed by atoms with Crippen LogP contribution in [0.5, 0.6) is 5.75 Å². The summed E-state index contributed by atoms with van der Waals surface area (Å²) in [5.74, 6) is -0.553. The van der Waals surface area contributed by atoms with Crippen molar-refractivity contribution in [3.8, 4) is 5.75 Å². The van der Waals surface area contributed by atoms with E-state index in [1.807, 2.05) is 0 Å². The Hall–Kier alpha value is -1.38. The molecule has 0 aliphatic rings. The molecule has 58 valence electrons. The van der Waals surface area contributed by atoms with Crippen molar-refractivity contribution in [3.63, 3.8) is 0 Å². The standard InChI is InChI=1S/C8H7FO2/c1-6-2-3-7(9)8(4-6)11-5-10/h2-5H,1H3. The lowest BCUT2D eigenvalue weighted by Gasteiger charge is -1.99. The van der Waals surface area contributed by atoms with Crippen LogP contribution in [-0.4, -0.2) is 6.47 Å². The SMILES string of the molecule is Cc1ccc(F)c(OC=O)c1. The maximum absolute atomic E-state index is 12.7. The fraction of sp³-hybridized carbons (Fsp3) is 0.125. The molecular weight excluding hydrogens is 147 g/mol. The van der Waals surface area contributed by atoms with Crippen LogP contribution in [0.1, 0.15) is 5.56 Å². The predicted octanol–water partition coefficient (Wildman–Crippen LogP) is 1.67. The molecule has 0 aliphatic carbocycles. The van der Waals surface area contributed by atoms with Crippen LogP contribution in [0.15, 0.2) is 18.2 Å². The molecule has 0 saturated heterocycles. The lowest BCUT2D eigenvalue weighted by molar-refractivity contribution is -0.120. The Balaban J connectivity index is 3.01. The van der Waals surface area contributed by atoms with Crippen molar-refractivity contribution in [2.75, 3.05) is 0 Å². The Bertz CT molecular complexity index is 271. The molecule has 0 unspecified atom stereocenters. The Morgan fingerprint density at radius 3 is 2.91 bits per heavy atom. The molecule has 0 atom stereocenters. The summed E-state index contributed by atoms with van der Waals surface area (Å²) < 4.78 is 17.0. The summed E-state index contributed by atoms with van der Waals surface area (Å²) >= 11 is 0. The van der Waals surface area contributed by atoms with Crippen molar-refractivity contribution in [1.29, 1.82) is 0 Å². The van der Waals surface area contributed by atoms with E-state index >= 15 is 0 Å². The first-order valence-corrected chi connectivity index (χ1v) is 3.10. The highest BCUT2D eigenvalue weighted by atomic mass is 19.1. The second kappa shape index (κ2) is 3.14. The van der Waals surface area contributed by atoms with Gasteiger partial charge in [0.15, 0.2) is 11.6 Å². The molecule has 0 heterocycles. The molecule has 0 aliphatic heterocycles. The third-order valence-electron chi connectivity index (χ3n) is 1.26. The number of halogens is 1. The molecule has 0 spiro atoms. The van der Waals surface area contributed by atoms with Crippen molar-refractivity contribution < 1.29 is 13.9 Å². The fourth-order valence-corrected chi connectivity index (χ4v) is 0.753. The molecule has 11 heavy (non-hydrogen) atoms. The van der Waals surface area contributed by atoms with E-state index in [2.05, 4.69) is 4.74 Å². The first-order valence-electron chi connectivity index (χ1n) is 3.10. The summed E-state index contributed by atoms with van der Waals surface area (Å²) in [6, 6.07) is 4.32. The molecule has 0 N–H and O–H groups in total. The first kappa shape index (κ1) is 7.72. The average molecular weight is 154 g/mol. The van der Waals surface area contributed by atoms with Gasteiger partial charge in [0.2, 0.25) is 0 Å². The van der Waals surface area contributed by atoms with Gasteiger partial charge in [0.1, 0.15) is 0 Å². The first-order chi connectivity index (χ1) is 5.24. The highest BCUT2D eigenvalue weighted by Gasteiger charge is 2.01. The van der Waals surface area contributed by atoms with Gasteiger partial charge in [-0.05, 0) is 24.6 Å². The number of benzene rings is 1. The lowest BCUT2D eigenvalue weighted by Crippen LogP contribution is -1.92. The number of ether oxygens (including phenoxy) is 1. The van der Waals surface area contributed by atoms with Gasteiger partial charge in [-0.15, -0.1) is 0 Å². The van der Waals surface area contributed by atoms with Crippen LogP contribution in [0.2, 0.25) is 0 Å². The molecule has 1 rings (SSSR count). The Morgan fingerprint density at radius 1 is 1.55 bits per heavy atom. The summed E-state index contributed by atoms with van der Waals surface area (Å²) in [6.07, 6.45) is 0. The molecule has 0 aromatic heterocycles. The van der Waals surface area contributed by atoms with E-state index in [1.165, 1.54) is 12.1 Å². The smallest absolute Gasteiger partial charge is 0.298 e. The van der Waals surface area contributed by atoms with Gasteiger partial charge in [-0.25, -0.2) is 4.39 Å². The predicted molar refractivity (Wildman–Crippen MR) is 37.8 cm³/mol. The van der Waals surface area contributed by atoms with E-state index < -0.39 is 5.82 Å². The van der Waals surface area contributed by atoms with E-state index in [9.17, 15) is 9.18 Å². The van der Waals surface area contributed by atoms with Gasteiger partial charge in [0.25, 0.3) is 6.47 Å². The molecule has 0 saturated carbocycles.